The summed E-state index contributed by atoms with van der Waals surface area (Å²) in [5, 5.41) is 8.97. The van der Waals surface area contributed by atoms with Gasteiger partial charge in [0.25, 0.3) is 0 Å². The maximum atomic E-state index is 14.5. The summed E-state index contributed by atoms with van der Waals surface area (Å²) in [7, 11) is 0. The Morgan fingerprint density at radius 3 is 2.48 bits per heavy atom. The lowest BCUT2D eigenvalue weighted by molar-refractivity contribution is -0.139. The van der Waals surface area contributed by atoms with Crippen LogP contribution in [-0.4, -0.2) is 41.2 Å². The van der Waals surface area contributed by atoms with Crippen LogP contribution in [0.5, 0.6) is 5.75 Å². The van der Waals surface area contributed by atoms with Crippen molar-refractivity contribution in [2.24, 2.45) is 0 Å². The summed E-state index contributed by atoms with van der Waals surface area (Å²) in [5.74, 6) is -3.60. The summed E-state index contributed by atoms with van der Waals surface area (Å²) in [6, 6.07) is 8.48. The second kappa shape index (κ2) is 8.08. The molecule has 1 spiro atoms. The Bertz CT molecular complexity index is 972. The minimum Gasteiger partial charge on any atom is -0.482 e. The van der Waals surface area contributed by atoms with Crippen molar-refractivity contribution >= 4 is 23.9 Å². The molecule has 2 aromatic carbocycles. The molecular weight excluding hydrogens is 407 g/mol. The molecule has 4 rings (SSSR count). The van der Waals surface area contributed by atoms with Gasteiger partial charge in [-0.2, -0.15) is 0 Å². The number of ether oxygens (including phenoxy) is 1. The van der Waals surface area contributed by atoms with Crippen molar-refractivity contribution in [1.82, 2.24) is 4.90 Å². The second-order valence-corrected chi connectivity index (χ2v) is 7.14. The first-order valence-electron chi connectivity index (χ1n) is 8.97. The molecule has 2 heterocycles. The van der Waals surface area contributed by atoms with E-state index in [1.54, 1.807) is 35.2 Å². The van der Waals surface area contributed by atoms with E-state index in [2.05, 4.69) is 0 Å². The summed E-state index contributed by atoms with van der Waals surface area (Å²) in [4.78, 5) is 12.7. The number of carbonyl (C=O) groups is 1. The number of benzene rings is 2. The average molecular weight is 426 g/mol. The van der Waals surface area contributed by atoms with Gasteiger partial charge in [-0.1, -0.05) is 18.2 Å². The van der Waals surface area contributed by atoms with Crippen LogP contribution < -0.4 is 4.74 Å². The van der Waals surface area contributed by atoms with Crippen molar-refractivity contribution in [2.75, 3.05) is 19.6 Å². The normalized spacial score (nSPS) is 17.7. The number of carboxylic acid groups (broad SMARTS) is 1. The van der Waals surface area contributed by atoms with Crippen LogP contribution in [0.2, 0.25) is 0 Å². The molecule has 4 nitrogen and oxygen atoms in total. The quantitative estimate of drug-likeness (QED) is 0.746. The first-order chi connectivity index (χ1) is 13.4. The molecule has 0 amide bonds. The SMILES string of the molecule is Cl.O=C(O)CN1CCC2(C=C(c3cc(F)cc(F)c3F)c3ccccc3O2)CC1. The van der Waals surface area contributed by atoms with Crippen LogP contribution in [-0.2, 0) is 4.79 Å². The number of fused-ring (bicyclic) bond motifs is 1. The maximum Gasteiger partial charge on any atom is 0.317 e. The van der Waals surface area contributed by atoms with Crippen LogP contribution in [0.1, 0.15) is 24.0 Å². The third kappa shape index (κ3) is 4.11. The molecule has 154 valence electrons. The predicted molar refractivity (Wildman–Crippen MR) is 104 cm³/mol. The molecule has 0 atom stereocenters. The van der Waals surface area contributed by atoms with Gasteiger partial charge in [0, 0.05) is 43.1 Å². The molecule has 1 fully saturated rings. The third-order valence-corrected chi connectivity index (χ3v) is 5.24. The fourth-order valence-electron chi connectivity index (χ4n) is 3.87. The van der Waals surface area contributed by atoms with Gasteiger partial charge in [0.2, 0.25) is 0 Å². The van der Waals surface area contributed by atoms with Gasteiger partial charge in [0.15, 0.2) is 11.6 Å². The van der Waals surface area contributed by atoms with E-state index in [1.165, 1.54) is 0 Å². The van der Waals surface area contributed by atoms with E-state index in [1.807, 2.05) is 0 Å². The molecule has 8 heteroatoms. The number of halogens is 4. The molecule has 2 aliphatic heterocycles. The number of aliphatic carboxylic acids is 1. The van der Waals surface area contributed by atoms with Crippen LogP contribution in [0.25, 0.3) is 5.57 Å². The topological polar surface area (TPSA) is 49.8 Å². The molecule has 29 heavy (non-hydrogen) atoms. The number of rotatable bonds is 3. The average Bonchev–Trinajstić information content (AvgIpc) is 2.66. The van der Waals surface area contributed by atoms with E-state index in [-0.39, 0.29) is 24.5 Å². The Morgan fingerprint density at radius 1 is 1.10 bits per heavy atom. The van der Waals surface area contributed by atoms with Gasteiger partial charge in [-0.3, -0.25) is 9.69 Å². The minimum absolute atomic E-state index is 0. The number of hydrogen-bond acceptors (Lipinski definition) is 3. The van der Waals surface area contributed by atoms with E-state index in [0.717, 1.165) is 6.07 Å². The van der Waals surface area contributed by atoms with Gasteiger partial charge in [-0.05, 0) is 23.8 Å². The lowest BCUT2D eigenvalue weighted by atomic mass is 9.82. The van der Waals surface area contributed by atoms with Gasteiger partial charge in [0.1, 0.15) is 17.2 Å². The zero-order valence-electron chi connectivity index (χ0n) is 15.3. The third-order valence-electron chi connectivity index (χ3n) is 5.24. The number of likely N-dealkylation sites (tertiary alicyclic amines) is 1. The van der Waals surface area contributed by atoms with Crippen LogP contribution in [0, 0.1) is 17.5 Å². The fourth-order valence-corrected chi connectivity index (χ4v) is 3.87. The zero-order valence-corrected chi connectivity index (χ0v) is 16.1. The highest BCUT2D eigenvalue weighted by Gasteiger charge is 2.39. The Hall–Kier alpha value is -2.51. The van der Waals surface area contributed by atoms with Crippen molar-refractivity contribution in [3.05, 3.63) is 71.1 Å². The number of hydrogen-bond donors (Lipinski definition) is 1. The van der Waals surface area contributed by atoms with Gasteiger partial charge < -0.3 is 9.84 Å². The molecule has 0 saturated carbocycles. The van der Waals surface area contributed by atoms with Crippen LogP contribution in [0.15, 0.2) is 42.5 Å². The zero-order chi connectivity index (χ0) is 19.9. The summed E-state index contributed by atoms with van der Waals surface area (Å²) >= 11 is 0. The van der Waals surface area contributed by atoms with Crippen molar-refractivity contribution < 1.29 is 27.8 Å². The van der Waals surface area contributed by atoms with E-state index < -0.39 is 29.0 Å². The molecule has 0 unspecified atom stereocenters. The van der Waals surface area contributed by atoms with Crippen LogP contribution in [0.3, 0.4) is 0 Å². The monoisotopic (exact) mass is 425 g/mol. The van der Waals surface area contributed by atoms with E-state index in [0.29, 0.717) is 48.9 Å². The molecule has 1 saturated heterocycles. The second-order valence-electron chi connectivity index (χ2n) is 7.14. The molecule has 0 bridgehead atoms. The molecule has 2 aromatic rings. The predicted octanol–water partition coefficient (Wildman–Crippen LogP) is 4.27. The molecule has 0 aromatic heterocycles. The highest BCUT2D eigenvalue weighted by molar-refractivity contribution is 5.85. The van der Waals surface area contributed by atoms with Crippen molar-refractivity contribution in [1.29, 1.82) is 0 Å². The Balaban J connectivity index is 0.00000240. The summed E-state index contributed by atoms with van der Waals surface area (Å²) in [5.41, 5.74) is 0.00325. The largest absolute Gasteiger partial charge is 0.482 e. The Morgan fingerprint density at radius 2 is 1.79 bits per heavy atom. The summed E-state index contributed by atoms with van der Waals surface area (Å²) < 4.78 is 48.4. The maximum absolute atomic E-state index is 14.5. The molecule has 0 aliphatic carbocycles. The smallest absolute Gasteiger partial charge is 0.317 e. The number of piperidine rings is 1. The lowest BCUT2D eigenvalue weighted by Crippen LogP contribution is -2.49. The minimum atomic E-state index is -1.25. The summed E-state index contributed by atoms with van der Waals surface area (Å²) in [6.45, 7) is 0.906. The van der Waals surface area contributed by atoms with Crippen molar-refractivity contribution in [2.45, 2.75) is 18.4 Å². The Labute approximate surface area is 172 Å². The number of para-hydroxylation sites is 1. The van der Waals surface area contributed by atoms with Crippen LogP contribution in [0.4, 0.5) is 13.2 Å². The van der Waals surface area contributed by atoms with Gasteiger partial charge in [-0.25, -0.2) is 13.2 Å². The molecular formula is C21H19ClF3NO3. The van der Waals surface area contributed by atoms with Gasteiger partial charge >= 0.3 is 5.97 Å². The van der Waals surface area contributed by atoms with Crippen molar-refractivity contribution in [3.8, 4) is 5.75 Å². The van der Waals surface area contributed by atoms with E-state index in [9.17, 15) is 18.0 Å². The molecule has 0 radical (unpaired) electrons. The number of carboxylic acids is 1. The first kappa shape index (κ1) is 21.2. The van der Waals surface area contributed by atoms with Crippen LogP contribution >= 0.6 is 12.4 Å². The van der Waals surface area contributed by atoms with E-state index >= 15 is 0 Å². The van der Waals surface area contributed by atoms with Crippen molar-refractivity contribution in [3.63, 3.8) is 0 Å². The highest BCUT2D eigenvalue weighted by atomic mass is 35.5. The van der Waals surface area contributed by atoms with Gasteiger partial charge in [0.05, 0.1) is 6.54 Å². The highest BCUT2D eigenvalue weighted by Crippen LogP contribution is 2.44. The summed E-state index contributed by atoms with van der Waals surface area (Å²) in [6.07, 6.45) is 2.69. The van der Waals surface area contributed by atoms with E-state index in [4.69, 9.17) is 9.84 Å². The fraction of sp³-hybridized carbons (Fsp3) is 0.286. The molecule has 1 N–H and O–H groups in total. The standard InChI is InChI=1S/C21H18F3NO3.ClH/c22-13-9-15(20(24)17(23)10-13)16-11-21(28-18-4-2-1-3-14(16)18)5-7-25(8-6-21)12-19(26)27;/h1-4,9-11H,5-8,12H2,(H,26,27);1H. The van der Waals surface area contributed by atoms with Gasteiger partial charge in [-0.15, -0.1) is 12.4 Å². The first-order valence-corrected chi connectivity index (χ1v) is 8.97. The Kier molecular flexibility index (Phi) is 5.91. The lowest BCUT2D eigenvalue weighted by Gasteiger charge is -2.42. The number of nitrogens with zero attached hydrogens (tertiary/aromatic N) is 1. The molecule has 2 aliphatic rings.